The first-order chi connectivity index (χ1) is 12.7. The van der Waals surface area contributed by atoms with Crippen molar-refractivity contribution in [2.45, 2.75) is 18.9 Å². The fourth-order valence-electron chi connectivity index (χ4n) is 3.99. The van der Waals surface area contributed by atoms with Gasteiger partial charge in [-0.15, -0.1) is 0 Å². The molecule has 0 amide bonds. The van der Waals surface area contributed by atoms with Crippen molar-refractivity contribution in [1.29, 1.82) is 0 Å². The van der Waals surface area contributed by atoms with Crippen molar-refractivity contribution in [1.82, 2.24) is 19.7 Å². The summed E-state index contributed by atoms with van der Waals surface area (Å²) in [7, 11) is 2.03. The lowest BCUT2D eigenvalue weighted by Crippen LogP contribution is -2.28. The van der Waals surface area contributed by atoms with Gasteiger partial charge in [0.1, 0.15) is 5.82 Å². The Hall–Kier alpha value is -3.21. The lowest BCUT2D eigenvalue weighted by atomic mass is 9.83. The lowest BCUT2D eigenvalue weighted by molar-refractivity contribution is 0.584. The van der Waals surface area contributed by atoms with Crippen LogP contribution in [0.3, 0.4) is 0 Å². The minimum absolute atomic E-state index is 0.0112. The summed E-state index contributed by atoms with van der Waals surface area (Å²) >= 11 is 0. The summed E-state index contributed by atoms with van der Waals surface area (Å²) in [6, 6.07) is 16.9. The van der Waals surface area contributed by atoms with Gasteiger partial charge in [-0.3, -0.25) is 0 Å². The summed E-state index contributed by atoms with van der Waals surface area (Å²) in [5.41, 5.74) is 4.26. The highest BCUT2D eigenvalue weighted by Crippen LogP contribution is 2.46. The summed E-state index contributed by atoms with van der Waals surface area (Å²) in [4.78, 5) is 4.65. The Kier molecular flexibility index (Phi) is 3.28. The summed E-state index contributed by atoms with van der Waals surface area (Å²) in [6.45, 7) is 2.01. The summed E-state index contributed by atoms with van der Waals surface area (Å²) < 4.78 is 2.07. The molecule has 0 spiro atoms. The Morgan fingerprint density at radius 2 is 1.85 bits per heavy atom. The average Bonchev–Trinajstić information content (AvgIpc) is 3.10. The molecule has 1 aliphatic heterocycles. The van der Waals surface area contributed by atoms with E-state index < -0.39 is 0 Å². The summed E-state index contributed by atoms with van der Waals surface area (Å²) in [5, 5.41) is 15.2. The minimum Gasteiger partial charge on any atom is -0.377 e. The molecule has 0 aliphatic carbocycles. The van der Waals surface area contributed by atoms with E-state index in [1.54, 1.807) is 0 Å². The quantitative estimate of drug-likeness (QED) is 0.599. The Labute approximate surface area is 151 Å². The average molecular weight is 341 g/mol. The van der Waals surface area contributed by atoms with Crippen LogP contribution in [0.2, 0.25) is 0 Å². The molecule has 0 fully saturated rings. The SMILES string of the molecule is Cc1nnc2c3c(cccc13)NC(c1ccccc1)C2c1nccn1C. The third-order valence-corrected chi connectivity index (χ3v) is 5.25. The van der Waals surface area contributed by atoms with E-state index in [2.05, 4.69) is 67.5 Å². The van der Waals surface area contributed by atoms with Crippen molar-refractivity contribution in [3.8, 4) is 0 Å². The Morgan fingerprint density at radius 1 is 1.00 bits per heavy atom. The van der Waals surface area contributed by atoms with Gasteiger partial charge < -0.3 is 9.88 Å². The van der Waals surface area contributed by atoms with Gasteiger partial charge in [-0.25, -0.2) is 4.98 Å². The Morgan fingerprint density at radius 3 is 2.62 bits per heavy atom. The van der Waals surface area contributed by atoms with Gasteiger partial charge >= 0.3 is 0 Å². The molecule has 2 aromatic heterocycles. The maximum atomic E-state index is 4.65. The number of nitrogens with one attached hydrogen (secondary N) is 1. The molecule has 1 N–H and O–H groups in total. The van der Waals surface area contributed by atoms with Crippen LogP contribution in [-0.2, 0) is 7.05 Å². The maximum absolute atomic E-state index is 4.65. The molecule has 128 valence electrons. The number of anilines is 1. The molecule has 0 saturated heterocycles. The molecule has 2 unspecified atom stereocenters. The molecular weight excluding hydrogens is 322 g/mol. The smallest absolute Gasteiger partial charge is 0.120 e. The number of benzene rings is 2. The van der Waals surface area contributed by atoms with Gasteiger partial charge in [0.2, 0.25) is 0 Å². The van der Waals surface area contributed by atoms with E-state index in [-0.39, 0.29) is 12.0 Å². The topological polar surface area (TPSA) is 55.6 Å². The van der Waals surface area contributed by atoms with Gasteiger partial charge in [-0.2, -0.15) is 10.2 Å². The molecule has 5 nitrogen and oxygen atoms in total. The molecule has 5 heteroatoms. The van der Waals surface area contributed by atoms with Crippen molar-refractivity contribution >= 4 is 16.5 Å². The number of imidazole rings is 1. The number of rotatable bonds is 2. The second-order valence-corrected chi connectivity index (χ2v) is 6.81. The third kappa shape index (κ3) is 2.13. The predicted octanol–water partition coefficient (Wildman–Crippen LogP) is 3.97. The van der Waals surface area contributed by atoms with E-state index in [4.69, 9.17) is 0 Å². The van der Waals surface area contributed by atoms with E-state index >= 15 is 0 Å². The highest BCUT2D eigenvalue weighted by atomic mass is 15.1. The highest BCUT2D eigenvalue weighted by molar-refractivity contribution is 5.98. The zero-order valence-corrected chi connectivity index (χ0v) is 14.7. The van der Waals surface area contributed by atoms with E-state index in [1.807, 2.05) is 32.4 Å². The summed E-state index contributed by atoms with van der Waals surface area (Å²) in [5.74, 6) is 0.975. The van der Waals surface area contributed by atoms with E-state index in [0.717, 1.165) is 33.7 Å². The second kappa shape index (κ2) is 5.66. The zero-order chi connectivity index (χ0) is 17.7. The van der Waals surface area contributed by atoms with E-state index in [9.17, 15) is 0 Å². The molecule has 0 saturated carbocycles. The molecule has 3 heterocycles. The fraction of sp³-hybridized carbons (Fsp3) is 0.190. The zero-order valence-electron chi connectivity index (χ0n) is 14.7. The molecular formula is C21H19N5. The third-order valence-electron chi connectivity index (χ3n) is 5.25. The van der Waals surface area contributed by atoms with Crippen LogP contribution in [0.5, 0.6) is 0 Å². The molecule has 2 atom stereocenters. The van der Waals surface area contributed by atoms with E-state index in [0.29, 0.717) is 0 Å². The Balaban J connectivity index is 1.82. The first-order valence-electron chi connectivity index (χ1n) is 8.78. The van der Waals surface area contributed by atoms with Crippen LogP contribution in [-0.4, -0.2) is 19.7 Å². The molecule has 0 radical (unpaired) electrons. The van der Waals surface area contributed by atoms with Gasteiger partial charge in [-0.1, -0.05) is 42.5 Å². The first kappa shape index (κ1) is 15.1. The summed E-state index contributed by atoms with van der Waals surface area (Å²) in [6.07, 6.45) is 3.83. The van der Waals surface area contributed by atoms with Gasteiger partial charge in [-0.05, 0) is 18.6 Å². The van der Waals surface area contributed by atoms with Crippen molar-refractivity contribution in [2.75, 3.05) is 5.32 Å². The number of hydrogen-bond acceptors (Lipinski definition) is 4. The van der Waals surface area contributed by atoms with Crippen LogP contribution < -0.4 is 5.32 Å². The molecule has 0 bridgehead atoms. The lowest BCUT2D eigenvalue weighted by Gasteiger charge is -2.34. The van der Waals surface area contributed by atoms with E-state index in [1.165, 1.54) is 5.56 Å². The number of nitrogens with zero attached hydrogens (tertiary/aromatic N) is 4. The number of aryl methyl sites for hydroxylation is 2. The van der Waals surface area contributed by atoms with Crippen molar-refractivity contribution in [3.05, 3.63) is 83.7 Å². The van der Waals surface area contributed by atoms with Gasteiger partial charge in [0.05, 0.1) is 23.3 Å². The monoisotopic (exact) mass is 341 g/mol. The minimum atomic E-state index is -0.0112. The number of hydrogen-bond donors (Lipinski definition) is 1. The van der Waals surface area contributed by atoms with Crippen LogP contribution in [0.15, 0.2) is 60.9 Å². The Bertz CT molecular complexity index is 1100. The van der Waals surface area contributed by atoms with Crippen molar-refractivity contribution < 1.29 is 0 Å². The molecule has 4 aromatic rings. The van der Waals surface area contributed by atoms with Crippen LogP contribution in [0.1, 0.15) is 34.7 Å². The van der Waals surface area contributed by atoms with Crippen molar-refractivity contribution in [3.63, 3.8) is 0 Å². The van der Waals surface area contributed by atoms with Gasteiger partial charge in [0.15, 0.2) is 0 Å². The van der Waals surface area contributed by atoms with Gasteiger partial charge in [0.25, 0.3) is 0 Å². The normalized spacial score (nSPS) is 18.7. The maximum Gasteiger partial charge on any atom is 0.120 e. The van der Waals surface area contributed by atoms with Crippen LogP contribution >= 0.6 is 0 Å². The standard InChI is InChI=1S/C21H19N5/c1-13-15-9-6-10-16-17(15)20(25-24-13)18(21-22-11-12-26(21)2)19(23-16)14-7-4-3-5-8-14/h3-12,18-19,23H,1-2H3. The second-order valence-electron chi connectivity index (χ2n) is 6.81. The van der Waals surface area contributed by atoms with Crippen LogP contribution in [0.4, 0.5) is 5.69 Å². The molecule has 1 aliphatic rings. The molecule has 5 rings (SSSR count). The van der Waals surface area contributed by atoms with Crippen LogP contribution in [0.25, 0.3) is 10.8 Å². The van der Waals surface area contributed by atoms with Crippen LogP contribution in [0, 0.1) is 6.92 Å². The van der Waals surface area contributed by atoms with Gasteiger partial charge in [0, 0.05) is 35.9 Å². The molecule has 2 aromatic carbocycles. The highest BCUT2D eigenvalue weighted by Gasteiger charge is 2.36. The molecule has 26 heavy (non-hydrogen) atoms. The number of aromatic nitrogens is 4. The largest absolute Gasteiger partial charge is 0.377 e. The fourth-order valence-corrected chi connectivity index (χ4v) is 3.99. The predicted molar refractivity (Wildman–Crippen MR) is 102 cm³/mol. The van der Waals surface area contributed by atoms with Crippen molar-refractivity contribution in [2.24, 2.45) is 7.05 Å². The first-order valence-corrected chi connectivity index (χ1v) is 8.78.